The van der Waals surface area contributed by atoms with Gasteiger partial charge >= 0.3 is 0 Å². The van der Waals surface area contributed by atoms with Crippen LogP contribution in [0.2, 0.25) is 0 Å². The fraction of sp³-hybridized carbons (Fsp3) is 0.870. The standard InChI is InChI=1S/C23H36N2O/c1-22-11-9-17(25-13-3-4-14-25)15-16(22)5-6-18-19(22)10-12-23(2)20(18)7-8-21(26)24-23/h5,17-20H,3-4,6-15H2,1-2H3,(H,24,26). The first-order chi connectivity index (χ1) is 12.5. The van der Waals surface area contributed by atoms with Crippen LogP contribution in [-0.2, 0) is 4.79 Å². The summed E-state index contributed by atoms with van der Waals surface area (Å²) >= 11 is 0. The van der Waals surface area contributed by atoms with Gasteiger partial charge in [-0.05, 0) is 101 Å². The first kappa shape index (κ1) is 17.3. The largest absolute Gasteiger partial charge is 0.351 e. The van der Waals surface area contributed by atoms with Crippen LogP contribution in [0.4, 0.5) is 0 Å². The van der Waals surface area contributed by atoms with Crippen LogP contribution < -0.4 is 5.32 Å². The topological polar surface area (TPSA) is 32.3 Å². The van der Waals surface area contributed by atoms with E-state index >= 15 is 0 Å². The maximum atomic E-state index is 12.0. The number of allylic oxidation sites excluding steroid dienone is 1. The van der Waals surface area contributed by atoms with Crippen LogP contribution in [0, 0.1) is 23.2 Å². The van der Waals surface area contributed by atoms with E-state index in [1.165, 1.54) is 64.5 Å². The minimum Gasteiger partial charge on any atom is -0.351 e. The molecule has 26 heavy (non-hydrogen) atoms. The third kappa shape index (κ3) is 2.52. The number of hydrogen-bond acceptors (Lipinski definition) is 2. The molecule has 2 aliphatic heterocycles. The molecule has 2 saturated heterocycles. The molecule has 6 unspecified atom stereocenters. The quantitative estimate of drug-likeness (QED) is 0.711. The molecule has 0 aromatic heterocycles. The van der Waals surface area contributed by atoms with Crippen LogP contribution >= 0.6 is 0 Å². The molecule has 3 heteroatoms. The van der Waals surface area contributed by atoms with Crippen molar-refractivity contribution >= 4 is 5.91 Å². The van der Waals surface area contributed by atoms with Crippen LogP contribution in [-0.4, -0.2) is 35.5 Å². The Bertz CT molecular complexity index is 622. The number of nitrogens with zero attached hydrogens (tertiary/aromatic N) is 1. The number of amides is 1. The average molecular weight is 357 g/mol. The zero-order chi connectivity index (χ0) is 17.9. The van der Waals surface area contributed by atoms with Gasteiger partial charge in [-0.1, -0.05) is 18.6 Å². The maximum Gasteiger partial charge on any atom is 0.220 e. The lowest BCUT2D eigenvalue weighted by atomic mass is 9.48. The van der Waals surface area contributed by atoms with Crippen LogP contribution in [0.3, 0.4) is 0 Å². The summed E-state index contributed by atoms with van der Waals surface area (Å²) in [5, 5.41) is 3.39. The molecular weight excluding hydrogens is 320 g/mol. The molecular formula is C23H36N2O. The molecule has 2 heterocycles. The molecule has 1 amide bonds. The van der Waals surface area contributed by atoms with E-state index in [9.17, 15) is 4.79 Å². The Morgan fingerprint density at radius 3 is 2.69 bits per heavy atom. The van der Waals surface area contributed by atoms with Gasteiger partial charge in [-0.15, -0.1) is 0 Å². The van der Waals surface area contributed by atoms with Crippen molar-refractivity contribution in [3.8, 4) is 0 Å². The third-order valence-electron chi connectivity index (χ3n) is 9.23. The fourth-order valence-corrected chi connectivity index (χ4v) is 7.74. The first-order valence-corrected chi connectivity index (χ1v) is 11.2. The Morgan fingerprint density at radius 2 is 1.88 bits per heavy atom. The number of likely N-dealkylation sites (tertiary alicyclic amines) is 1. The van der Waals surface area contributed by atoms with E-state index in [0.717, 1.165) is 30.7 Å². The van der Waals surface area contributed by atoms with Crippen LogP contribution in [0.1, 0.15) is 78.1 Å². The Labute approximate surface area is 159 Å². The number of carbonyl (C=O) groups excluding carboxylic acids is 1. The minimum atomic E-state index is 0.0605. The first-order valence-electron chi connectivity index (χ1n) is 11.2. The molecule has 1 N–H and O–H groups in total. The van der Waals surface area contributed by atoms with Gasteiger partial charge in [0, 0.05) is 18.0 Å². The minimum absolute atomic E-state index is 0.0605. The monoisotopic (exact) mass is 356 g/mol. The zero-order valence-corrected chi connectivity index (χ0v) is 16.7. The highest BCUT2D eigenvalue weighted by Crippen LogP contribution is 2.60. The van der Waals surface area contributed by atoms with Gasteiger partial charge in [0.1, 0.15) is 0 Å². The summed E-state index contributed by atoms with van der Waals surface area (Å²) in [5.41, 5.74) is 2.29. The number of carbonyl (C=O) groups is 1. The third-order valence-corrected chi connectivity index (χ3v) is 9.23. The predicted octanol–water partition coefficient (Wildman–Crippen LogP) is 4.28. The van der Waals surface area contributed by atoms with Gasteiger partial charge in [0.05, 0.1) is 0 Å². The van der Waals surface area contributed by atoms with Crippen molar-refractivity contribution in [2.75, 3.05) is 13.1 Å². The molecule has 4 fully saturated rings. The molecule has 0 bridgehead atoms. The molecule has 0 aromatic rings. The summed E-state index contributed by atoms with van der Waals surface area (Å²) in [7, 11) is 0. The van der Waals surface area contributed by atoms with Crippen molar-refractivity contribution in [2.24, 2.45) is 23.2 Å². The molecule has 0 aromatic carbocycles. The predicted molar refractivity (Wildman–Crippen MR) is 105 cm³/mol. The second-order valence-corrected chi connectivity index (χ2v) is 10.4. The summed E-state index contributed by atoms with van der Waals surface area (Å²) in [6, 6.07) is 0.816. The molecule has 3 nitrogen and oxygen atoms in total. The van der Waals surface area contributed by atoms with Gasteiger partial charge in [-0.25, -0.2) is 0 Å². The van der Waals surface area contributed by atoms with Gasteiger partial charge in [-0.3, -0.25) is 4.79 Å². The number of nitrogens with one attached hydrogen (secondary N) is 1. The average Bonchev–Trinajstić information content (AvgIpc) is 3.14. The molecule has 144 valence electrons. The lowest BCUT2D eigenvalue weighted by Crippen LogP contribution is -2.62. The van der Waals surface area contributed by atoms with Crippen molar-refractivity contribution in [1.29, 1.82) is 0 Å². The molecule has 3 aliphatic carbocycles. The van der Waals surface area contributed by atoms with Crippen molar-refractivity contribution in [1.82, 2.24) is 10.2 Å². The van der Waals surface area contributed by atoms with Gasteiger partial charge in [0.25, 0.3) is 0 Å². The molecule has 5 aliphatic rings. The molecule has 5 rings (SSSR count). The second kappa shape index (κ2) is 6.09. The van der Waals surface area contributed by atoms with Gasteiger partial charge in [0.2, 0.25) is 5.91 Å². The highest BCUT2D eigenvalue weighted by Gasteiger charge is 2.56. The summed E-state index contributed by atoms with van der Waals surface area (Å²) < 4.78 is 0. The summed E-state index contributed by atoms with van der Waals surface area (Å²) in [4.78, 5) is 14.8. The molecule has 2 saturated carbocycles. The lowest BCUT2D eigenvalue weighted by Gasteiger charge is -2.60. The normalized spacial score (nSPS) is 48.8. The van der Waals surface area contributed by atoms with Crippen molar-refractivity contribution < 1.29 is 4.79 Å². The number of fused-ring (bicyclic) bond motifs is 5. The number of rotatable bonds is 1. The Morgan fingerprint density at radius 1 is 1.08 bits per heavy atom. The fourth-order valence-electron chi connectivity index (χ4n) is 7.74. The van der Waals surface area contributed by atoms with E-state index in [4.69, 9.17) is 0 Å². The van der Waals surface area contributed by atoms with Crippen molar-refractivity contribution in [3.05, 3.63) is 11.6 Å². The smallest absolute Gasteiger partial charge is 0.220 e. The van der Waals surface area contributed by atoms with E-state index in [1.807, 2.05) is 0 Å². The number of piperidine rings is 1. The van der Waals surface area contributed by atoms with Gasteiger partial charge < -0.3 is 10.2 Å². The summed E-state index contributed by atoms with van der Waals surface area (Å²) in [6.45, 7) is 7.60. The molecule has 6 atom stereocenters. The summed E-state index contributed by atoms with van der Waals surface area (Å²) in [6.07, 6.45) is 15.2. The van der Waals surface area contributed by atoms with Crippen LogP contribution in [0.5, 0.6) is 0 Å². The molecule has 0 radical (unpaired) electrons. The van der Waals surface area contributed by atoms with Crippen LogP contribution in [0.15, 0.2) is 11.6 Å². The van der Waals surface area contributed by atoms with Crippen LogP contribution in [0.25, 0.3) is 0 Å². The zero-order valence-electron chi connectivity index (χ0n) is 16.7. The maximum absolute atomic E-state index is 12.0. The highest BCUT2D eigenvalue weighted by molar-refractivity contribution is 5.77. The van der Waals surface area contributed by atoms with E-state index in [2.05, 4.69) is 30.1 Å². The van der Waals surface area contributed by atoms with Gasteiger partial charge in [0.15, 0.2) is 0 Å². The Hall–Kier alpha value is -0.830. The van der Waals surface area contributed by atoms with E-state index in [1.54, 1.807) is 5.57 Å². The van der Waals surface area contributed by atoms with E-state index in [0.29, 0.717) is 11.3 Å². The van der Waals surface area contributed by atoms with E-state index < -0.39 is 0 Å². The molecule has 0 spiro atoms. The van der Waals surface area contributed by atoms with Crippen molar-refractivity contribution in [3.63, 3.8) is 0 Å². The SMILES string of the molecule is CC12CCC3C(CC=C4CC(N5CCCC5)CCC43C)C1CCC(=O)N2. The van der Waals surface area contributed by atoms with Gasteiger partial charge in [-0.2, -0.15) is 0 Å². The van der Waals surface area contributed by atoms with Crippen molar-refractivity contribution in [2.45, 2.75) is 89.6 Å². The van der Waals surface area contributed by atoms with E-state index in [-0.39, 0.29) is 11.4 Å². The number of hydrogen-bond donors (Lipinski definition) is 1. The lowest BCUT2D eigenvalue weighted by molar-refractivity contribution is -0.131. The second-order valence-electron chi connectivity index (χ2n) is 10.4. The summed E-state index contributed by atoms with van der Waals surface area (Å²) in [5.74, 6) is 2.60. The Kier molecular flexibility index (Phi) is 4.05. The highest BCUT2D eigenvalue weighted by atomic mass is 16.1. The Balaban J connectivity index is 1.39.